The van der Waals surface area contributed by atoms with Crippen molar-refractivity contribution >= 4 is 15.5 Å². The summed E-state index contributed by atoms with van der Waals surface area (Å²) in [6.45, 7) is 0. The molecule has 0 atom stereocenters. The molecule has 0 saturated heterocycles. The minimum Gasteiger partial charge on any atom is -0.383 e. The maximum atomic E-state index is 13.1. The Morgan fingerprint density at radius 1 is 1.21 bits per heavy atom. The lowest BCUT2D eigenvalue weighted by Gasteiger charge is -2.05. The summed E-state index contributed by atoms with van der Waals surface area (Å²) < 4.78 is 48.1. The zero-order chi connectivity index (χ0) is 10.9. The van der Waals surface area contributed by atoms with Gasteiger partial charge in [-0.15, -0.1) is 0 Å². The third-order valence-electron chi connectivity index (χ3n) is 1.69. The van der Waals surface area contributed by atoms with E-state index < -0.39 is 21.5 Å². The first-order valence-corrected chi connectivity index (χ1v) is 5.62. The van der Waals surface area contributed by atoms with E-state index in [-0.39, 0.29) is 10.6 Å². The monoisotopic (exact) mass is 221 g/mol. The highest BCUT2D eigenvalue weighted by atomic mass is 32.2. The molecule has 1 aromatic rings. The van der Waals surface area contributed by atoms with Crippen molar-refractivity contribution in [2.24, 2.45) is 0 Å². The lowest BCUT2D eigenvalue weighted by Crippen LogP contribution is -2.03. The first-order chi connectivity index (χ1) is 6.36. The van der Waals surface area contributed by atoms with Gasteiger partial charge >= 0.3 is 0 Å². The van der Waals surface area contributed by atoms with Crippen LogP contribution in [0, 0.1) is 11.6 Å². The molecule has 1 N–H and O–H groups in total. The van der Waals surface area contributed by atoms with E-state index in [1.807, 2.05) is 0 Å². The van der Waals surface area contributed by atoms with Gasteiger partial charge in [-0.1, -0.05) is 0 Å². The van der Waals surface area contributed by atoms with Gasteiger partial charge in [0.05, 0.1) is 4.90 Å². The van der Waals surface area contributed by atoms with Crippen molar-refractivity contribution in [2.45, 2.75) is 4.90 Å². The molecule has 0 spiro atoms. The fourth-order valence-electron chi connectivity index (χ4n) is 1.00. The van der Waals surface area contributed by atoms with Gasteiger partial charge in [-0.05, 0) is 12.1 Å². The van der Waals surface area contributed by atoms with E-state index in [2.05, 4.69) is 5.32 Å². The van der Waals surface area contributed by atoms with Gasteiger partial charge in [-0.3, -0.25) is 0 Å². The fraction of sp³-hybridized carbons (Fsp3) is 0.250. The predicted octanol–water partition coefficient (Wildman–Crippen LogP) is 1.41. The van der Waals surface area contributed by atoms with Crippen molar-refractivity contribution in [1.29, 1.82) is 0 Å². The van der Waals surface area contributed by atoms with Crippen LogP contribution in [0.1, 0.15) is 0 Å². The third kappa shape index (κ3) is 2.01. The van der Waals surface area contributed by atoms with E-state index in [1.54, 1.807) is 0 Å². The largest absolute Gasteiger partial charge is 0.383 e. The second-order valence-corrected chi connectivity index (χ2v) is 4.80. The van der Waals surface area contributed by atoms with E-state index in [1.165, 1.54) is 7.05 Å². The van der Waals surface area contributed by atoms with Gasteiger partial charge in [0.15, 0.2) is 21.5 Å². The Morgan fingerprint density at radius 3 is 1.93 bits per heavy atom. The van der Waals surface area contributed by atoms with Crippen molar-refractivity contribution in [3.63, 3.8) is 0 Å². The molecule has 14 heavy (non-hydrogen) atoms. The molecule has 0 aliphatic rings. The third-order valence-corrected chi connectivity index (χ3v) is 2.79. The summed E-state index contributed by atoms with van der Waals surface area (Å²) in [7, 11) is -2.23. The fourth-order valence-corrected chi connectivity index (χ4v) is 1.64. The van der Waals surface area contributed by atoms with E-state index in [0.29, 0.717) is 0 Å². The zero-order valence-corrected chi connectivity index (χ0v) is 8.45. The topological polar surface area (TPSA) is 46.2 Å². The maximum Gasteiger partial charge on any atom is 0.175 e. The van der Waals surface area contributed by atoms with Crippen LogP contribution in [0.3, 0.4) is 0 Å². The highest BCUT2D eigenvalue weighted by molar-refractivity contribution is 7.90. The van der Waals surface area contributed by atoms with Crippen molar-refractivity contribution in [3.05, 3.63) is 23.8 Å². The normalized spacial score (nSPS) is 11.4. The van der Waals surface area contributed by atoms with Crippen molar-refractivity contribution in [1.82, 2.24) is 0 Å². The van der Waals surface area contributed by atoms with Crippen LogP contribution in [0.5, 0.6) is 0 Å². The molecule has 3 nitrogen and oxygen atoms in total. The van der Waals surface area contributed by atoms with Gasteiger partial charge in [0.1, 0.15) is 5.69 Å². The molecule has 0 saturated carbocycles. The van der Waals surface area contributed by atoms with Gasteiger partial charge in [0.25, 0.3) is 0 Å². The van der Waals surface area contributed by atoms with Crippen LogP contribution in [0.2, 0.25) is 0 Å². The van der Waals surface area contributed by atoms with Crippen molar-refractivity contribution in [3.8, 4) is 0 Å². The second-order valence-electron chi connectivity index (χ2n) is 2.78. The van der Waals surface area contributed by atoms with E-state index >= 15 is 0 Å². The molecule has 0 unspecified atom stereocenters. The molecule has 78 valence electrons. The molecular weight excluding hydrogens is 212 g/mol. The van der Waals surface area contributed by atoms with E-state index in [9.17, 15) is 17.2 Å². The first kappa shape index (κ1) is 10.9. The molecule has 0 bridgehead atoms. The number of sulfone groups is 1. The average molecular weight is 221 g/mol. The highest BCUT2D eigenvalue weighted by Gasteiger charge is 2.15. The van der Waals surface area contributed by atoms with E-state index in [0.717, 1.165) is 18.4 Å². The standard InChI is InChI=1S/C8H9F2NO2S/c1-11-8-6(9)3-5(4-7(8)10)14(2,12)13/h3-4,11H,1-2H3. The Balaban J connectivity index is 3.43. The summed E-state index contributed by atoms with van der Waals surface area (Å²) in [6.07, 6.45) is 0.889. The number of halogens is 2. The lowest BCUT2D eigenvalue weighted by atomic mass is 10.3. The summed E-state index contributed by atoms with van der Waals surface area (Å²) >= 11 is 0. The van der Waals surface area contributed by atoms with Gasteiger partial charge in [-0.25, -0.2) is 17.2 Å². The number of nitrogens with one attached hydrogen (secondary N) is 1. The Bertz CT molecular complexity index is 433. The summed E-state index contributed by atoms with van der Waals surface area (Å²) in [5, 5.41) is 2.30. The minimum absolute atomic E-state index is 0.336. The Kier molecular flexibility index (Phi) is 2.75. The van der Waals surface area contributed by atoms with Gasteiger partial charge < -0.3 is 5.32 Å². The molecular formula is C8H9F2NO2S. The van der Waals surface area contributed by atoms with Crippen LogP contribution < -0.4 is 5.32 Å². The van der Waals surface area contributed by atoms with Crippen LogP contribution in [0.25, 0.3) is 0 Å². The van der Waals surface area contributed by atoms with Crippen LogP contribution >= 0.6 is 0 Å². The Labute approximate surface area is 80.7 Å². The quantitative estimate of drug-likeness (QED) is 0.821. The van der Waals surface area contributed by atoms with Crippen LogP contribution in [-0.2, 0) is 9.84 Å². The molecule has 0 aliphatic carbocycles. The molecule has 0 amide bonds. The van der Waals surface area contributed by atoms with E-state index in [4.69, 9.17) is 0 Å². The van der Waals surface area contributed by atoms with Gasteiger partial charge in [-0.2, -0.15) is 0 Å². The average Bonchev–Trinajstić information content (AvgIpc) is 2.01. The lowest BCUT2D eigenvalue weighted by molar-refractivity contribution is 0.574. The Morgan fingerprint density at radius 2 is 1.64 bits per heavy atom. The van der Waals surface area contributed by atoms with Crippen LogP contribution in [0.15, 0.2) is 17.0 Å². The highest BCUT2D eigenvalue weighted by Crippen LogP contribution is 2.22. The van der Waals surface area contributed by atoms with Crippen molar-refractivity contribution in [2.75, 3.05) is 18.6 Å². The van der Waals surface area contributed by atoms with Crippen molar-refractivity contribution < 1.29 is 17.2 Å². The summed E-state index contributed by atoms with van der Waals surface area (Å²) in [5.74, 6) is -1.85. The molecule has 0 aromatic heterocycles. The first-order valence-electron chi connectivity index (χ1n) is 3.73. The number of hydrogen-bond donors (Lipinski definition) is 1. The van der Waals surface area contributed by atoms with Crippen LogP contribution in [-0.4, -0.2) is 21.7 Å². The van der Waals surface area contributed by atoms with Crippen LogP contribution in [0.4, 0.5) is 14.5 Å². The minimum atomic E-state index is -3.58. The SMILES string of the molecule is CNc1c(F)cc(S(C)(=O)=O)cc1F. The number of hydrogen-bond acceptors (Lipinski definition) is 3. The summed E-state index contributed by atoms with van der Waals surface area (Å²) in [4.78, 5) is -0.369. The smallest absolute Gasteiger partial charge is 0.175 e. The number of anilines is 1. The van der Waals surface area contributed by atoms with Gasteiger partial charge in [0, 0.05) is 13.3 Å². The molecule has 0 radical (unpaired) electrons. The molecule has 0 fully saturated rings. The number of benzene rings is 1. The molecule has 6 heteroatoms. The molecule has 0 aliphatic heterocycles. The molecule has 1 aromatic carbocycles. The molecule has 1 rings (SSSR count). The Hall–Kier alpha value is -1.17. The summed E-state index contributed by atoms with van der Waals surface area (Å²) in [6, 6.07) is 1.56. The molecule has 0 heterocycles. The summed E-state index contributed by atoms with van der Waals surface area (Å²) in [5.41, 5.74) is -0.336. The maximum absolute atomic E-state index is 13.1. The number of rotatable bonds is 2. The predicted molar refractivity (Wildman–Crippen MR) is 49.0 cm³/mol. The zero-order valence-electron chi connectivity index (χ0n) is 7.64. The second kappa shape index (κ2) is 3.53. The van der Waals surface area contributed by atoms with Gasteiger partial charge in [0.2, 0.25) is 0 Å².